The molecule has 0 saturated carbocycles. The van der Waals surface area contributed by atoms with Gasteiger partial charge in [0.1, 0.15) is 18.8 Å². The maximum atomic E-state index is 11.5. The molecule has 2 aromatic rings. The number of amides is 1. The third-order valence-corrected chi connectivity index (χ3v) is 4.30. The first-order valence-corrected chi connectivity index (χ1v) is 7.00. The highest BCUT2D eigenvalue weighted by Gasteiger charge is 2.35. The van der Waals surface area contributed by atoms with Crippen LogP contribution in [0.15, 0.2) is 29.6 Å². The van der Waals surface area contributed by atoms with E-state index in [1.807, 2.05) is 16.0 Å². The fourth-order valence-electron chi connectivity index (χ4n) is 2.35. The Labute approximate surface area is 119 Å². The highest BCUT2D eigenvalue weighted by atomic mass is 32.1. The van der Waals surface area contributed by atoms with E-state index in [9.17, 15) is 14.9 Å². The minimum atomic E-state index is -0.400. The number of non-ortho nitro benzene ring substituents is 1. The lowest BCUT2D eigenvalue weighted by molar-refractivity contribution is -0.655. The molecule has 0 unspecified atom stereocenters. The summed E-state index contributed by atoms with van der Waals surface area (Å²) in [5.74, 6) is 0.0173. The van der Waals surface area contributed by atoms with E-state index in [2.05, 4.69) is 0 Å². The van der Waals surface area contributed by atoms with Crippen molar-refractivity contribution in [2.75, 3.05) is 11.4 Å². The van der Waals surface area contributed by atoms with Crippen molar-refractivity contribution in [1.82, 2.24) is 0 Å². The predicted molar refractivity (Wildman–Crippen MR) is 74.6 cm³/mol. The number of hydrogen-bond donors (Lipinski definition) is 0. The topological polar surface area (TPSA) is 67.3 Å². The normalized spacial score (nSPS) is 13.3. The summed E-state index contributed by atoms with van der Waals surface area (Å²) in [7, 11) is 0. The molecular weight excluding hydrogens is 278 g/mol. The molecule has 0 aliphatic carbocycles. The van der Waals surface area contributed by atoms with Crippen LogP contribution in [0, 0.1) is 10.1 Å². The zero-order valence-electron chi connectivity index (χ0n) is 10.8. The predicted octanol–water partition coefficient (Wildman–Crippen LogP) is 1.98. The lowest BCUT2D eigenvalue weighted by Gasteiger charge is -2.00. The van der Waals surface area contributed by atoms with Gasteiger partial charge in [0.2, 0.25) is 0 Å². The van der Waals surface area contributed by atoms with E-state index in [-0.39, 0.29) is 11.6 Å². The first kappa shape index (κ1) is 12.7. The van der Waals surface area contributed by atoms with Crippen LogP contribution in [-0.4, -0.2) is 17.4 Å². The molecule has 102 valence electrons. The second-order valence-corrected chi connectivity index (χ2v) is 5.37. The summed E-state index contributed by atoms with van der Waals surface area (Å²) in [6.07, 6.45) is 0. The number of benzene rings is 1. The Hall–Kier alpha value is -2.28. The number of anilines is 1. The highest BCUT2D eigenvalue weighted by Crippen LogP contribution is 2.30. The lowest BCUT2D eigenvalue weighted by Crippen LogP contribution is -2.31. The third-order valence-electron chi connectivity index (χ3n) is 3.31. The Morgan fingerprint density at radius 2 is 2.30 bits per heavy atom. The molecule has 1 aliphatic rings. The van der Waals surface area contributed by atoms with Crippen molar-refractivity contribution in [1.29, 1.82) is 0 Å². The van der Waals surface area contributed by atoms with E-state index < -0.39 is 4.92 Å². The number of carbonyl (C=O) groups is 1. The number of hydrogen-bond acceptors (Lipinski definition) is 4. The quantitative estimate of drug-likeness (QED) is 0.482. The van der Waals surface area contributed by atoms with Gasteiger partial charge in [0.15, 0.2) is 0 Å². The molecule has 0 N–H and O–H groups in total. The molecular formula is C13H12N3O3S+. The van der Waals surface area contributed by atoms with Crippen LogP contribution in [0.1, 0.15) is 6.92 Å². The smallest absolute Gasteiger partial charge is 0.258 e. The van der Waals surface area contributed by atoms with Gasteiger partial charge in [0.25, 0.3) is 5.69 Å². The Bertz CT molecular complexity index is 711. The van der Waals surface area contributed by atoms with Gasteiger partial charge in [-0.3, -0.25) is 10.1 Å². The fraction of sp³-hybridized carbons (Fsp3) is 0.231. The molecule has 0 spiro atoms. The number of nitrogens with zero attached hydrogens (tertiary/aromatic N) is 3. The molecule has 3 rings (SSSR count). The van der Waals surface area contributed by atoms with Gasteiger partial charge >= 0.3 is 11.0 Å². The van der Waals surface area contributed by atoms with Crippen LogP contribution in [-0.2, 0) is 11.3 Å². The molecule has 0 bridgehead atoms. The average molecular weight is 290 g/mol. The molecule has 1 aromatic heterocycles. The van der Waals surface area contributed by atoms with E-state index >= 15 is 0 Å². The fourth-order valence-corrected chi connectivity index (χ4v) is 3.50. The number of rotatable bonds is 2. The van der Waals surface area contributed by atoms with E-state index in [0.29, 0.717) is 6.54 Å². The van der Waals surface area contributed by atoms with Crippen molar-refractivity contribution in [3.8, 4) is 11.3 Å². The van der Waals surface area contributed by atoms with Gasteiger partial charge < -0.3 is 0 Å². The zero-order valence-corrected chi connectivity index (χ0v) is 11.6. The molecule has 20 heavy (non-hydrogen) atoms. The van der Waals surface area contributed by atoms with Crippen molar-refractivity contribution in [2.45, 2.75) is 13.5 Å². The number of aromatic nitrogens is 1. The second kappa shape index (κ2) is 4.68. The molecule has 0 saturated heterocycles. The van der Waals surface area contributed by atoms with Crippen LogP contribution in [0.2, 0.25) is 0 Å². The summed E-state index contributed by atoms with van der Waals surface area (Å²) in [5.41, 5.74) is 1.79. The number of fused-ring (bicyclic) bond motifs is 1. The maximum absolute atomic E-state index is 11.5. The molecule has 6 nitrogen and oxygen atoms in total. The summed E-state index contributed by atoms with van der Waals surface area (Å²) in [6.45, 7) is 2.92. The van der Waals surface area contributed by atoms with Gasteiger partial charge in [0.05, 0.1) is 4.92 Å². The van der Waals surface area contributed by atoms with Crippen molar-refractivity contribution in [3.05, 3.63) is 39.8 Å². The van der Waals surface area contributed by atoms with E-state index in [1.165, 1.54) is 17.4 Å². The van der Waals surface area contributed by atoms with Crippen molar-refractivity contribution < 1.29 is 14.3 Å². The summed E-state index contributed by atoms with van der Waals surface area (Å²) in [5, 5.41) is 13.7. The Morgan fingerprint density at radius 1 is 1.50 bits per heavy atom. The number of carbonyl (C=O) groups excluding carboxylic acids is 1. The molecule has 1 amide bonds. The van der Waals surface area contributed by atoms with Gasteiger partial charge in [0, 0.05) is 30.0 Å². The molecule has 1 aliphatic heterocycles. The van der Waals surface area contributed by atoms with E-state index in [1.54, 1.807) is 24.0 Å². The molecule has 0 fully saturated rings. The summed E-state index contributed by atoms with van der Waals surface area (Å²) < 4.78 is 2.03. The minimum Gasteiger partial charge on any atom is -0.258 e. The van der Waals surface area contributed by atoms with Crippen molar-refractivity contribution in [2.24, 2.45) is 0 Å². The Kier molecular flexibility index (Phi) is 2.98. The maximum Gasteiger partial charge on any atom is 0.344 e. The Balaban J connectivity index is 2.05. The first-order chi connectivity index (χ1) is 9.58. The van der Waals surface area contributed by atoms with Gasteiger partial charge in [-0.05, 0) is 0 Å². The number of nitro groups is 1. The summed E-state index contributed by atoms with van der Waals surface area (Å²) in [4.78, 5) is 23.7. The Morgan fingerprint density at radius 3 is 3.00 bits per heavy atom. The standard InChI is InChI=1S/C13H12N3O3S/c1-9(17)14-5-6-15-12(8-20-13(14)15)10-3-2-4-11(7-10)16(18)19/h2-4,7-8H,5-6H2,1H3/q+1. The van der Waals surface area contributed by atoms with E-state index in [0.717, 1.165) is 22.9 Å². The highest BCUT2D eigenvalue weighted by molar-refractivity contribution is 7.13. The van der Waals surface area contributed by atoms with Gasteiger partial charge in [-0.15, -0.1) is 0 Å². The largest absolute Gasteiger partial charge is 0.344 e. The minimum absolute atomic E-state index is 0.0173. The van der Waals surface area contributed by atoms with Crippen LogP contribution in [0.5, 0.6) is 0 Å². The van der Waals surface area contributed by atoms with Crippen LogP contribution in [0.4, 0.5) is 10.8 Å². The SMILES string of the molecule is CC(=O)N1CC[n+]2c(-c3cccc([N+](=O)[O-])c3)csc21. The molecule has 7 heteroatoms. The first-order valence-electron chi connectivity index (χ1n) is 6.12. The van der Waals surface area contributed by atoms with Crippen molar-refractivity contribution in [3.63, 3.8) is 0 Å². The van der Waals surface area contributed by atoms with E-state index in [4.69, 9.17) is 0 Å². The average Bonchev–Trinajstić information content (AvgIpc) is 2.99. The molecule has 1 aromatic carbocycles. The monoisotopic (exact) mass is 290 g/mol. The van der Waals surface area contributed by atoms with Crippen LogP contribution in [0.3, 0.4) is 0 Å². The van der Waals surface area contributed by atoms with Crippen molar-refractivity contribution >= 4 is 28.1 Å². The summed E-state index contributed by atoms with van der Waals surface area (Å²) >= 11 is 1.48. The van der Waals surface area contributed by atoms with Gasteiger partial charge in [-0.1, -0.05) is 23.5 Å². The summed E-state index contributed by atoms with van der Waals surface area (Å²) in [6, 6.07) is 6.56. The number of thiazole rings is 1. The molecule has 0 radical (unpaired) electrons. The molecule has 0 atom stereocenters. The van der Waals surface area contributed by atoms with Crippen LogP contribution in [0.25, 0.3) is 11.3 Å². The van der Waals surface area contributed by atoms with Gasteiger partial charge in [-0.25, -0.2) is 9.36 Å². The van der Waals surface area contributed by atoms with Crippen LogP contribution >= 0.6 is 11.3 Å². The number of nitro benzene ring substituents is 1. The van der Waals surface area contributed by atoms with Crippen LogP contribution < -0.4 is 9.47 Å². The van der Waals surface area contributed by atoms with Gasteiger partial charge in [-0.2, -0.15) is 4.90 Å². The zero-order chi connectivity index (χ0) is 14.3. The lowest BCUT2D eigenvalue weighted by atomic mass is 10.1. The second-order valence-electron chi connectivity index (χ2n) is 4.53. The third kappa shape index (κ3) is 1.96. The molecule has 2 heterocycles.